The number of rotatable bonds is 7. The highest BCUT2D eigenvalue weighted by molar-refractivity contribution is 8.00. The molecule has 0 atom stereocenters. The maximum absolute atomic E-state index is 13.2. The van der Waals surface area contributed by atoms with E-state index in [4.69, 9.17) is 19.4 Å². The van der Waals surface area contributed by atoms with Crippen molar-refractivity contribution in [3.05, 3.63) is 72.5 Å². The second kappa shape index (κ2) is 13.9. The quantitative estimate of drug-likeness (QED) is 0.262. The number of fused-ring (bicyclic) bond motifs is 1. The molecule has 0 aliphatic rings. The molecule has 2 N–H and O–H groups in total. The van der Waals surface area contributed by atoms with E-state index in [1.165, 1.54) is 24.1 Å². The molecule has 6 nitrogen and oxygen atoms in total. The molecule has 4 aromatic rings. The molecule has 4 rings (SSSR count). The standard InChI is InChI=1S/C22H19FN4O2S.2C2H6/c1-28-16-11-15(12-17(13-16)29-2)24-21-22(26-20-6-4-3-5-19(20)25-21)27-30-18-9-7-14(23)8-10-18;2*1-2/h3-13H,1-2H3,(H,24,25)(H,26,27);2*1-2H3. The molecule has 0 radical (unpaired) electrons. The summed E-state index contributed by atoms with van der Waals surface area (Å²) in [6.07, 6.45) is 0. The number of aromatic nitrogens is 2. The van der Waals surface area contributed by atoms with Crippen molar-refractivity contribution < 1.29 is 13.9 Å². The summed E-state index contributed by atoms with van der Waals surface area (Å²) >= 11 is 1.32. The predicted molar refractivity (Wildman–Crippen MR) is 141 cm³/mol. The fraction of sp³-hybridized carbons (Fsp3) is 0.231. The highest BCUT2D eigenvalue weighted by Gasteiger charge is 2.11. The number of hydrogen-bond acceptors (Lipinski definition) is 7. The first-order chi connectivity index (χ1) is 16.6. The van der Waals surface area contributed by atoms with E-state index in [1.54, 1.807) is 32.4 Å². The van der Waals surface area contributed by atoms with Gasteiger partial charge in [-0.05, 0) is 48.3 Å². The van der Waals surface area contributed by atoms with Crippen LogP contribution in [0.1, 0.15) is 27.7 Å². The van der Waals surface area contributed by atoms with Crippen molar-refractivity contribution in [3.63, 3.8) is 0 Å². The van der Waals surface area contributed by atoms with Crippen LogP contribution in [-0.2, 0) is 0 Å². The van der Waals surface area contributed by atoms with Gasteiger partial charge in [0.15, 0.2) is 11.6 Å². The number of benzene rings is 3. The topological polar surface area (TPSA) is 68.3 Å². The molecule has 0 aliphatic carbocycles. The van der Waals surface area contributed by atoms with Crippen LogP contribution in [0.25, 0.3) is 11.0 Å². The molecule has 0 fully saturated rings. The Morgan fingerprint density at radius 1 is 0.735 bits per heavy atom. The minimum atomic E-state index is -0.279. The average Bonchev–Trinajstić information content (AvgIpc) is 2.90. The predicted octanol–water partition coefficient (Wildman–Crippen LogP) is 7.70. The molecule has 8 heteroatoms. The number of halogens is 1. The third-order valence-corrected chi connectivity index (χ3v) is 5.07. The van der Waals surface area contributed by atoms with Crippen LogP contribution in [0.5, 0.6) is 11.5 Å². The van der Waals surface area contributed by atoms with Gasteiger partial charge in [-0.3, -0.25) is 0 Å². The van der Waals surface area contributed by atoms with E-state index in [9.17, 15) is 4.39 Å². The van der Waals surface area contributed by atoms with Crippen LogP contribution in [0.3, 0.4) is 0 Å². The molecule has 0 unspecified atom stereocenters. The van der Waals surface area contributed by atoms with Gasteiger partial charge in [-0.15, -0.1) is 0 Å². The van der Waals surface area contributed by atoms with Crippen molar-refractivity contribution in [3.8, 4) is 11.5 Å². The Bertz CT molecular complexity index is 1150. The molecule has 0 amide bonds. The van der Waals surface area contributed by atoms with Gasteiger partial charge in [0, 0.05) is 28.8 Å². The maximum atomic E-state index is 13.2. The fourth-order valence-electron chi connectivity index (χ4n) is 2.78. The van der Waals surface area contributed by atoms with Gasteiger partial charge in [-0.25, -0.2) is 14.4 Å². The molecule has 34 heavy (non-hydrogen) atoms. The van der Waals surface area contributed by atoms with Crippen molar-refractivity contribution in [1.82, 2.24) is 9.97 Å². The van der Waals surface area contributed by atoms with Gasteiger partial charge in [0.1, 0.15) is 17.3 Å². The second-order valence-electron chi connectivity index (χ2n) is 6.29. The summed E-state index contributed by atoms with van der Waals surface area (Å²) < 4.78 is 27.1. The van der Waals surface area contributed by atoms with E-state index in [2.05, 4.69) is 10.0 Å². The molecule has 1 aromatic heterocycles. The fourth-order valence-corrected chi connectivity index (χ4v) is 3.41. The zero-order chi connectivity index (χ0) is 24.9. The number of ether oxygens (including phenoxy) is 2. The third kappa shape index (κ3) is 7.25. The number of para-hydroxylation sites is 2. The smallest absolute Gasteiger partial charge is 0.180 e. The maximum Gasteiger partial charge on any atom is 0.180 e. The molecule has 3 aromatic carbocycles. The van der Waals surface area contributed by atoms with Gasteiger partial charge in [-0.1, -0.05) is 39.8 Å². The van der Waals surface area contributed by atoms with E-state index in [0.29, 0.717) is 23.1 Å². The summed E-state index contributed by atoms with van der Waals surface area (Å²) in [6.45, 7) is 8.00. The lowest BCUT2D eigenvalue weighted by Crippen LogP contribution is -2.02. The first kappa shape index (κ1) is 26.7. The Balaban J connectivity index is 0.000000970. The first-order valence-corrected chi connectivity index (χ1v) is 11.9. The lowest BCUT2D eigenvalue weighted by atomic mass is 10.2. The van der Waals surface area contributed by atoms with Gasteiger partial charge in [0.05, 0.1) is 25.3 Å². The van der Waals surface area contributed by atoms with Crippen LogP contribution in [0, 0.1) is 5.82 Å². The summed E-state index contributed by atoms with van der Waals surface area (Å²) in [4.78, 5) is 10.3. The highest BCUT2D eigenvalue weighted by atomic mass is 32.2. The summed E-state index contributed by atoms with van der Waals surface area (Å²) in [5.74, 6) is 2.11. The van der Waals surface area contributed by atoms with Crippen molar-refractivity contribution in [1.29, 1.82) is 0 Å². The Kier molecular flexibility index (Phi) is 10.9. The summed E-state index contributed by atoms with van der Waals surface area (Å²) in [7, 11) is 3.20. The lowest BCUT2D eigenvalue weighted by Gasteiger charge is -2.14. The zero-order valence-electron chi connectivity index (χ0n) is 20.3. The van der Waals surface area contributed by atoms with Crippen molar-refractivity contribution >= 4 is 40.3 Å². The highest BCUT2D eigenvalue weighted by Crippen LogP contribution is 2.32. The minimum Gasteiger partial charge on any atom is -0.497 e. The minimum absolute atomic E-state index is 0.279. The van der Waals surface area contributed by atoms with Gasteiger partial charge < -0.3 is 19.5 Å². The Morgan fingerprint density at radius 3 is 1.79 bits per heavy atom. The van der Waals surface area contributed by atoms with Crippen LogP contribution < -0.4 is 19.5 Å². The second-order valence-corrected chi connectivity index (χ2v) is 7.17. The Labute approximate surface area is 205 Å². The van der Waals surface area contributed by atoms with E-state index in [0.717, 1.165) is 21.6 Å². The average molecular weight is 483 g/mol. The molecule has 1 heterocycles. The van der Waals surface area contributed by atoms with Crippen LogP contribution >= 0.6 is 11.9 Å². The van der Waals surface area contributed by atoms with Gasteiger partial charge in [0.25, 0.3) is 0 Å². The van der Waals surface area contributed by atoms with Crippen LogP contribution in [0.4, 0.5) is 21.7 Å². The Morgan fingerprint density at radius 2 is 1.26 bits per heavy atom. The van der Waals surface area contributed by atoms with Gasteiger partial charge in [0.2, 0.25) is 0 Å². The lowest BCUT2D eigenvalue weighted by molar-refractivity contribution is 0.395. The zero-order valence-corrected chi connectivity index (χ0v) is 21.2. The molecule has 0 bridgehead atoms. The normalized spacial score (nSPS) is 9.74. The van der Waals surface area contributed by atoms with Crippen molar-refractivity contribution in [2.75, 3.05) is 24.3 Å². The summed E-state index contributed by atoms with van der Waals surface area (Å²) in [5.41, 5.74) is 2.26. The van der Waals surface area contributed by atoms with Crippen molar-refractivity contribution in [2.24, 2.45) is 0 Å². The number of methoxy groups -OCH3 is 2. The number of anilines is 3. The molecule has 0 spiro atoms. The molecular formula is C26H31FN4O2S. The molecule has 0 aliphatic heterocycles. The monoisotopic (exact) mass is 482 g/mol. The first-order valence-electron chi connectivity index (χ1n) is 11.1. The van der Waals surface area contributed by atoms with Crippen LogP contribution in [0.15, 0.2) is 71.6 Å². The number of nitrogens with zero attached hydrogens (tertiary/aromatic N) is 2. The van der Waals surface area contributed by atoms with Crippen molar-refractivity contribution in [2.45, 2.75) is 32.6 Å². The number of hydrogen-bond donors (Lipinski definition) is 2. The molecule has 0 saturated carbocycles. The van der Waals surface area contributed by atoms with Crippen LogP contribution in [0.2, 0.25) is 0 Å². The van der Waals surface area contributed by atoms with Gasteiger partial charge in [-0.2, -0.15) is 0 Å². The van der Waals surface area contributed by atoms with Gasteiger partial charge >= 0.3 is 0 Å². The third-order valence-electron chi connectivity index (χ3n) is 4.26. The molecule has 180 valence electrons. The molecular weight excluding hydrogens is 451 g/mol. The van der Waals surface area contributed by atoms with E-state index in [-0.39, 0.29) is 5.82 Å². The van der Waals surface area contributed by atoms with Crippen LogP contribution in [-0.4, -0.2) is 24.2 Å². The molecule has 0 saturated heterocycles. The van der Waals surface area contributed by atoms with E-state index >= 15 is 0 Å². The Hall–Kier alpha value is -3.52. The van der Waals surface area contributed by atoms with E-state index in [1.807, 2.05) is 64.1 Å². The largest absolute Gasteiger partial charge is 0.497 e. The van der Waals surface area contributed by atoms with E-state index < -0.39 is 0 Å². The SMILES string of the molecule is CC.CC.COc1cc(Nc2nc3ccccc3nc2NSc2ccc(F)cc2)cc(OC)c1. The number of nitrogens with one attached hydrogen (secondary N) is 2. The summed E-state index contributed by atoms with van der Waals surface area (Å²) in [5, 5.41) is 3.29. The summed E-state index contributed by atoms with van der Waals surface area (Å²) in [6, 6.07) is 19.3.